The first-order valence-corrected chi connectivity index (χ1v) is 11.0. The molecule has 0 bridgehead atoms. The highest BCUT2D eigenvalue weighted by Crippen LogP contribution is 2.29. The topological polar surface area (TPSA) is 79.1 Å². The Balaban J connectivity index is 1.41. The summed E-state index contributed by atoms with van der Waals surface area (Å²) in [6.45, 7) is 2.96. The van der Waals surface area contributed by atoms with E-state index >= 15 is 0 Å². The van der Waals surface area contributed by atoms with Gasteiger partial charge in [0.2, 0.25) is 0 Å². The first-order valence-electron chi connectivity index (χ1n) is 10.2. The number of thiazole rings is 1. The van der Waals surface area contributed by atoms with E-state index in [1.165, 1.54) is 11.3 Å². The van der Waals surface area contributed by atoms with Crippen LogP contribution in [-0.4, -0.2) is 41.5 Å². The number of aromatic nitrogens is 2. The van der Waals surface area contributed by atoms with Crippen molar-refractivity contribution in [3.8, 4) is 22.8 Å². The molecule has 0 aliphatic rings. The first-order chi connectivity index (χ1) is 15.7. The number of hydrogen-bond acceptors (Lipinski definition) is 7. The lowest BCUT2D eigenvalue weighted by molar-refractivity contribution is -0.142. The molecule has 2 aromatic carbocycles. The lowest BCUT2D eigenvalue weighted by Gasteiger charge is -2.08. The molecule has 0 saturated carbocycles. The number of carbonyl (C=O) groups excluding carboxylic acids is 2. The summed E-state index contributed by atoms with van der Waals surface area (Å²) in [5, 5.41) is 0. The van der Waals surface area contributed by atoms with Gasteiger partial charge >= 0.3 is 5.97 Å². The van der Waals surface area contributed by atoms with Gasteiger partial charge in [-0.1, -0.05) is 18.2 Å². The van der Waals surface area contributed by atoms with E-state index in [0.717, 1.165) is 22.5 Å². The van der Waals surface area contributed by atoms with E-state index in [1.54, 1.807) is 17.5 Å². The number of aldehydes is 1. The number of rotatable bonds is 10. The van der Waals surface area contributed by atoms with Crippen LogP contribution in [0.2, 0.25) is 0 Å². The van der Waals surface area contributed by atoms with Gasteiger partial charge in [0, 0.05) is 16.6 Å². The van der Waals surface area contributed by atoms with Crippen molar-refractivity contribution in [3.63, 3.8) is 0 Å². The summed E-state index contributed by atoms with van der Waals surface area (Å²) in [6.07, 6.45) is 2.71. The Morgan fingerprint density at radius 3 is 2.38 bits per heavy atom. The summed E-state index contributed by atoms with van der Waals surface area (Å²) in [4.78, 5) is 29.5. The standard InChI is InChI=1S/C24H22N2O5S/c1-2-29-22(28)14-20-15-26-21(16-27)23(25-24(26)32-20)17-8-10-19(11-9-17)31-13-12-30-18-6-4-3-5-7-18/h3-11,15-16H,2,12-14H2,1H3. The van der Waals surface area contributed by atoms with Gasteiger partial charge in [0.1, 0.15) is 36.1 Å². The lowest BCUT2D eigenvalue weighted by atomic mass is 10.1. The Morgan fingerprint density at radius 1 is 1.03 bits per heavy atom. The Labute approximate surface area is 189 Å². The highest BCUT2D eigenvalue weighted by atomic mass is 32.1. The summed E-state index contributed by atoms with van der Waals surface area (Å²) in [7, 11) is 0. The minimum atomic E-state index is -0.297. The summed E-state index contributed by atoms with van der Waals surface area (Å²) in [5.41, 5.74) is 1.84. The molecule has 7 nitrogen and oxygen atoms in total. The summed E-state index contributed by atoms with van der Waals surface area (Å²) in [6, 6.07) is 17.0. The van der Waals surface area contributed by atoms with Crippen LogP contribution in [0.5, 0.6) is 11.5 Å². The van der Waals surface area contributed by atoms with Crippen molar-refractivity contribution < 1.29 is 23.8 Å². The van der Waals surface area contributed by atoms with Gasteiger partial charge in [0.15, 0.2) is 11.2 Å². The van der Waals surface area contributed by atoms with Crippen molar-refractivity contribution >= 4 is 28.6 Å². The number of ether oxygens (including phenoxy) is 3. The molecule has 0 atom stereocenters. The van der Waals surface area contributed by atoms with Crippen molar-refractivity contribution in [2.24, 2.45) is 0 Å². The van der Waals surface area contributed by atoms with Gasteiger partial charge in [0.25, 0.3) is 0 Å². The number of para-hydroxylation sites is 1. The SMILES string of the molecule is CCOC(=O)Cc1cn2c(C=O)c(-c3ccc(OCCOc4ccccc4)cc3)nc2s1. The fourth-order valence-corrected chi connectivity index (χ4v) is 4.18. The highest BCUT2D eigenvalue weighted by Gasteiger charge is 2.17. The van der Waals surface area contributed by atoms with Crippen molar-refractivity contribution in [1.29, 1.82) is 0 Å². The van der Waals surface area contributed by atoms with Crippen molar-refractivity contribution in [2.45, 2.75) is 13.3 Å². The number of hydrogen-bond donors (Lipinski definition) is 0. The van der Waals surface area contributed by atoms with E-state index in [2.05, 4.69) is 4.98 Å². The third kappa shape index (κ3) is 4.97. The van der Waals surface area contributed by atoms with Gasteiger partial charge in [-0.2, -0.15) is 0 Å². The Kier molecular flexibility index (Phi) is 6.81. The molecule has 8 heteroatoms. The minimum absolute atomic E-state index is 0.162. The zero-order valence-corrected chi connectivity index (χ0v) is 18.3. The van der Waals surface area contributed by atoms with Gasteiger partial charge in [-0.3, -0.25) is 14.0 Å². The maximum atomic E-state index is 11.8. The van der Waals surface area contributed by atoms with E-state index in [-0.39, 0.29) is 12.4 Å². The molecule has 2 aromatic heterocycles. The van der Waals surface area contributed by atoms with Crippen LogP contribution in [0, 0.1) is 0 Å². The fraction of sp³-hybridized carbons (Fsp3) is 0.208. The maximum absolute atomic E-state index is 11.8. The molecule has 0 saturated heterocycles. The molecule has 4 aromatic rings. The third-order valence-electron chi connectivity index (χ3n) is 4.64. The van der Waals surface area contributed by atoms with Crippen molar-refractivity contribution in [2.75, 3.05) is 19.8 Å². The molecule has 4 rings (SSSR count). The van der Waals surface area contributed by atoms with Crippen LogP contribution in [0.3, 0.4) is 0 Å². The Hall–Kier alpha value is -3.65. The zero-order valence-electron chi connectivity index (χ0n) is 17.5. The van der Waals surface area contributed by atoms with Crippen LogP contribution in [0.1, 0.15) is 22.3 Å². The molecule has 0 aliphatic heterocycles. The van der Waals surface area contributed by atoms with Crippen molar-refractivity contribution in [3.05, 3.63) is 71.4 Å². The number of benzene rings is 2. The minimum Gasteiger partial charge on any atom is -0.490 e. The van der Waals surface area contributed by atoms with E-state index in [4.69, 9.17) is 14.2 Å². The monoisotopic (exact) mass is 450 g/mol. The molecule has 0 N–H and O–H groups in total. The van der Waals surface area contributed by atoms with E-state index in [0.29, 0.717) is 41.9 Å². The molecule has 0 aliphatic carbocycles. The molecular formula is C24H22N2O5S. The summed E-state index contributed by atoms with van der Waals surface area (Å²) >= 11 is 1.36. The van der Waals surface area contributed by atoms with Crippen LogP contribution >= 0.6 is 11.3 Å². The van der Waals surface area contributed by atoms with Gasteiger partial charge in [0.05, 0.1) is 13.0 Å². The molecule has 0 unspecified atom stereocenters. The van der Waals surface area contributed by atoms with Crippen LogP contribution in [0.25, 0.3) is 16.2 Å². The molecule has 0 spiro atoms. The average molecular weight is 451 g/mol. The van der Waals surface area contributed by atoms with E-state index < -0.39 is 0 Å². The molecule has 0 radical (unpaired) electrons. The quantitative estimate of drug-likeness (QED) is 0.202. The molecule has 2 heterocycles. The highest BCUT2D eigenvalue weighted by molar-refractivity contribution is 7.17. The predicted octanol–water partition coefficient (Wildman–Crippen LogP) is 4.44. The molecule has 32 heavy (non-hydrogen) atoms. The second kappa shape index (κ2) is 10.1. The molecule has 0 fully saturated rings. The van der Waals surface area contributed by atoms with E-state index in [1.807, 2.05) is 54.6 Å². The average Bonchev–Trinajstić information content (AvgIpc) is 3.35. The number of carbonyl (C=O) groups is 2. The lowest BCUT2D eigenvalue weighted by Crippen LogP contribution is -2.08. The van der Waals surface area contributed by atoms with Crippen LogP contribution in [0.4, 0.5) is 0 Å². The number of esters is 1. The van der Waals surface area contributed by atoms with E-state index in [9.17, 15) is 9.59 Å². The Bertz CT molecular complexity index is 1200. The van der Waals surface area contributed by atoms with Crippen LogP contribution in [-0.2, 0) is 16.0 Å². The Morgan fingerprint density at radius 2 is 1.72 bits per heavy atom. The normalized spacial score (nSPS) is 10.8. The smallest absolute Gasteiger partial charge is 0.311 e. The molecule has 164 valence electrons. The van der Waals surface area contributed by atoms with Crippen LogP contribution < -0.4 is 9.47 Å². The maximum Gasteiger partial charge on any atom is 0.311 e. The van der Waals surface area contributed by atoms with Gasteiger partial charge < -0.3 is 14.2 Å². The number of imidazole rings is 1. The van der Waals surface area contributed by atoms with Crippen molar-refractivity contribution in [1.82, 2.24) is 9.38 Å². The number of fused-ring (bicyclic) bond motifs is 1. The first kappa shape index (κ1) is 21.6. The number of nitrogens with zero attached hydrogens (tertiary/aromatic N) is 2. The van der Waals surface area contributed by atoms with Gasteiger partial charge in [-0.05, 0) is 43.3 Å². The van der Waals surface area contributed by atoms with Gasteiger partial charge in [-0.25, -0.2) is 4.98 Å². The van der Waals surface area contributed by atoms with Gasteiger partial charge in [-0.15, -0.1) is 11.3 Å². The fourth-order valence-electron chi connectivity index (χ4n) is 3.21. The predicted molar refractivity (Wildman–Crippen MR) is 122 cm³/mol. The third-order valence-corrected chi connectivity index (χ3v) is 5.62. The van der Waals surface area contributed by atoms with Crippen LogP contribution in [0.15, 0.2) is 60.8 Å². The zero-order chi connectivity index (χ0) is 22.3. The second-order valence-corrected chi connectivity index (χ2v) is 7.92. The molecular weight excluding hydrogens is 428 g/mol. The second-order valence-electron chi connectivity index (χ2n) is 6.83. The summed E-state index contributed by atoms with van der Waals surface area (Å²) < 4.78 is 18.0. The largest absolute Gasteiger partial charge is 0.490 e. The molecule has 0 amide bonds. The summed E-state index contributed by atoms with van der Waals surface area (Å²) in [5.74, 6) is 1.21.